The van der Waals surface area contributed by atoms with Gasteiger partial charge in [-0.1, -0.05) is 58.7 Å². The molecule has 1 aliphatic heterocycles. The molecule has 144 valence electrons. The third-order valence-electron chi connectivity index (χ3n) is 5.69. The fraction of sp³-hybridized carbons (Fsp3) is 0.524. The number of allylic oxidation sites excluding steroid dienone is 2. The van der Waals surface area contributed by atoms with Gasteiger partial charge in [-0.25, -0.2) is 0 Å². The maximum Gasteiger partial charge on any atom is 0.171 e. The Balaban J connectivity index is 1.73. The molecule has 3 rings (SSSR count). The summed E-state index contributed by atoms with van der Waals surface area (Å²) >= 11 is 6.93. The highest BCUT2D eigenvalue weighted by Gasteiger charge is 2.37. The van der Waals surface area contributed by atoms with Crippen LogP contribution < -0.4 is 0 Å². The molecule has 0 N–H and O–H groups in total. The van der Waals surface area contributed by atoms with Crippen LogP contribution >= 0.6 is 11.6 Å². The molecule has 0 radical (unpaired) electrons. The van der Waals surface area contributed by atoms with Crippen LogP contribution in [0.5, 0.6) is 0 Å². The predicted octanol–water partition coefficient (Wildman–Crippen LogP) is 5.39. The van der Waals surface area contributed by atoms with Crippen LogP contribution in [0.15, 0.2) is 52.7 Å². The predicted molar refractivity (Wildman–Crippen MR) is 111 cm³/mol. The van der Waals surface area contributed by atoms with Crippen LogP contribution in [0.3, 0.4) is 0 Å². The number of nitrogens with zero attached hydrogens (tertiary/aromatic N) is 4. The summed E-state index contributed by atoms with van der Waals surface area (Å²) in [6, 6.07) is 10.2. The Morgan fingerprint density at radius 2 is 2.00 bits per heavy atom. The molecule has 0 saturated carbocycles. The van der Waals surface area contributed by atoms with Crippen molar-refractivity contribution in [2.45, 2.75) is 31.2 Å². The number of benzene rings is 1. The fourth-order valence-corrected chi connectivity index (χ4v) is 4.29. The van der Waals surface area contributed by atoms with Gasteiger partial charge in [0.1, 0.15) is 0 Å². The number of hydrogen-bond acceptors (Lipinski definition) is 3. The molecule has 1 fully saturated rings. The summed E-state index contributed by atoms with van der Waals surface area (Å²) in [5.74, 6) is 0.509. The van der Waals surface area contributed by atoms with Gasteiger partial charge in [-0.2, -0.15) is 0 Å². The molecular formula is C21H27ClN4O. The van der Waals surface area contributed by atoms with Crippen LogP contribution in [0, 0.1) is 5.92 Å². The summed E-state index contributed by atoms with van der Waals surface area (Å²) in [6.07, 6.45) is 5.02. The normalized spacial score (nSPS) is 24.5. The summed E-state index contributed by atoms with van der Waals surface area (Å²) < 4.78 is 5.77. The molecule has 5 nitrogen and oxygen atoms in total. The van der Waals surface area contributed by atoms with E-state index < -0.39 is 5.06 Å². The highest BCUT2D eigenvalue weighted by Crippen LogP contribution is 2.44. The van der Waals surface area contributed by atoms with Crippen LogP contribution in [-0.4, -0.2) is 43.2 Å². The molecule has 27 heavy (non-hydrogen) atoms. The number of piperidine rings is 1. The minimum absolute atomic E-state index is 0.509. The van der Waals surface area contributed by atoms with E-state index in [1.54, 1.807) is 7.11 Å². The first-order chi connectivity index (χ1) is 13.1. The number of rotatable bonds is 6. The third kappa shape index (κ3) is 4.74. The summed E-state index contributed by atoms with van der Waals surface area (Å²) in [7, 11) is 1.68. The standard InChI is InChI=1S/C21H27ClN4O/c1-16-12-20(18-6-4-3-5-7-18)21(22,27-2)13-19(16)15-26-10-8-17(9-11-26)14-24-25-23/h3-7,12,17H,8-11,13-15H2,1-2H3. The molecule has 2 aliphatic rings. The van der Waals surface area contributed by atoms with Gasteiger partial charge in [0.05, 0.1) is 0 Å². The van der Waals surface area contributed by atoms with Crippen LogP contribution in [0.4, 0.5) is 0 Å². The Morgan fingerprint density at radius 1 is 1.30 bits per heavy atom. The second-order valence-electron chi connectivity index (χ2n) is 7.45. The lowest BCUT2D eigenvalue weighted by molar-refractivity contribution is 0.108. The number of alkyl halides is 1. The van der Waals surface area contributed by atoms with Crippen LogP contribution in [-0.2, 0) is 4.74 Å². The van der Waals surface area contributed by atoms with Gasteiger partial charge in [0.15, 0.2) is 5.06 Å². The zero-order valence-electron chi connectivity index (χ0n) is 16.1. The first kappa shape index (κ1) is 20.0. The molecule has 1 aromatic rings. The number of halogens is 1. The van der Waals surface area contributed by atoms with Crippen molar-refractivity contribution in [2.75, 3.05) is 33.3 Å². The van der Waals surface area contributed by atoms with Crippen LogP contribution in [0.2, 0.25) is 0 Å². The molecule has 1 unspecified atom stereocenters. The van der Waals surface area contributed by atoms with Crippen molar-refractivity contribution >= 4 is 17.2 Å². The van der Waals surface area contributed by atoms with E-state index in [0.29, 0.717) is 18.9 Å². The van der Waals surface area contributed by atoms with Crippen LogP contribution in [0.25, 0.3) is 16.0 Å². The Kier molecular flexibility index (Phi) is 6.61. The van der Waals surface area contributed by atoms with Gasteiger partial charge in [-0.15, -0.1) is 0 Å². The maximum absolute atomic E-state index is 8.48. The molecule has 1 aromatic carbocycles. The minimum Gasteiger partial charge on any atom is -0.358 e. The van der Waals surface area contributed by atoms with Crippen molar-refractivity contribution < 1.29 is 4.74 Å². The highest BCUT2D eigenvalue weighted by atomic mass is 35.5. The largest absolute Gasteiger partial charge is 0.358 e. The molecule has 1 heterocycles. The summed E-state index contributed by atoms with van der Waals surface area (Å²) in [6.45, 7) is 5.75. The third-order valence-corrected chi connectivity index (χ3v) is 6.19. The lowest BCUT2D eigenvalue weighted by Crippen LogP contribution is -2.38. The zero-order valence-corrected chi connectivity index (χ0v) is 16.8. The SMILES string of the molecule is COC1(Cl)CC(CN2CCC(CN=[N+]=[N-])CC2)=C(C)C=C1c1ccccc1. The molecule has 0 spiro atoms. The van der Waals surface area contributed by atoms with Crippen molar-refractivity contribution in [1.82, 2.24) is 4.90 Å². The quantitative estimate of drug-likeness (QED) is 0.284. The second-order valence-corrected chi connectivity index (χ2v) is 8.06. The number of likely N-dealkylation sites (tertiary alicyclic amines) is 1. The van der Waals surface area contributed by atoms with Gasteiger partial charge in [0.2, 0.25) is 0 Å². The fourth-order valence-electron chi connectivity index (χ4n) is 3.96. The molecule has 1 atom stereocenters. The smallest absolute Gasteiger partial charge is 0.171 e. The van der Waals surface area contributed by atoms with Crippen molar-refractivity contribution in [3.8, 4) is 0 Å². The number of hydrogen-bond donors (Lipinski definition) is 0. The van der Waals surface area contributed by atoms with E-state index in [1.807, 2.05) is 18.2 Å². The van der Waals surface area contributed by atoms with Crippen LogP contribution in [0.1, 0.15) is 31.7 Å². The molecular weight excluding hydrogens is 360 g/mol. The summed E-state index contributed by atoms with van der Waals surface area (Å²) in [4.78, 5) is 5.35. The van der Waals surface area contributed by atoms with E-state index >= 15 is 0 Å². The van der Waals surface area contributed by atoms with Gasteiger partial charge < -0.3 is 4.74 Å². The monoisotopic (exact) mass is 386 g/mol. The highest BCUT2D eigenvalue weighted by molar-refractivity contribution is 6.29. The minimum atomic E-state index is -0.823. The van der Waals surface area contributed by atoms with E-state index in [9.17, 15) is 0 Å². The lowest BCUT2D eigenvalue weighted by Gasteiger charge is -2.37. The van der Waals surface area contributed by atoms with E-state index in [2.05, 4.69) is 40.1 Å². The first-order valence-electron chi connectivity index (χ1n) is 9.49. The average Bonchev–Trinajstić information content (AvgIpc) is 2.70. The first-order valence-corrected chi connectivity index (χ1v) is 9.87. The Morgan fingerprint density at radius 3 is 2.63 bits per heavy atom. The average molecular weight is 387 g/mol. The second kappa shape index (κ2) is 8.94. The van der Waals surface area contributed by atoms with Gasteiger partial charge in [0, 0.05) is 37.1 Å². The van der Waals surface area contributed by atoms with Crippen molar-refractivity contribution in [1.29, 1.82) is 0 Å². The summed E-state index contributed by atoms with van der Waals surface area (Å²) in [5.41, 5.74) is 13.2. The molecule has 1 aliphatic carbocycles. The van der Waals surface area contributed by atoms with E-state index in [-0.39, 0.29) is 0 Å². The van der Waals surface area contributed by atoms with Gasteiger partial charge in [-0.05, 0) is 55.4 Å². The van der Waals surface area contributed by atoms with Crippen molar-refractivity contribution in [3.63, 3.8) is 0 Å². The Labute approximate surface area is 166 Å². The maximum atomic E-state index is 8.48. The van der Waals surface area contributed by atoms with Gasteiger partial charge in [-0.3, -0.25) is 4.90 Å². The number of azide groups is 1. The van der Waals surface area contributed by atoms with E-state index in [4.69, 9.17) is 21.9 Å². The zero-order chi connectivity index (χ0) is 19.3. The summed E-state index contributed by atoms with van der Waals surface area (Å²) in [5, 5.41) is 2.90. The topological polar surface area (TPSA) is 61.2 Å². The van der Waals surface area contributed by atoms with E-state index in [0.717, 1.165) is 43.6 Å². The molecule has 0 aromatic heterocycles. The lowest BCUT2D eigenvalue weighted by atomic mass is 9.85. The molecule has 6 heteroatoms. The molecule has 0 bridgehead atoms. The Bertz CT molecular complexity index is 762. The van der Waals surface area contributed by atoms with Gasteiger partial charge in [0.25, 0.3) is 0 Å². The Hall–Kier alpha value is -1.78. The van der Waals surface area contributed by atoms with Crippen molar-refractivity contribution in [3.05, 3.63) is 63.6 Å². The molecule has 0 amide bonds. The number of ether oxygens (including phenoxy) is 1. The van der Waals surface area contributed by atoms with Crippen molar-refractivity contribution in [2.24, 2.45) is 11.0 Å². The number of methoxy groups -OCH3 is 1. The van der Waals surface area contributed by atoms with Gasteiger partial charge >= 0.3 is 0 Å². The van der Waals surface area contributed by atoms with E-state index in [1.165, 1.54) is 11.1 Å². The molecule has 1 saturated heterocycles.